The first-order valence-electron chi connectivity index (χ1n) is 9.97. The fraction of sp³-hybridized carbons (Fsp3) is 0.261. The Morgan fingerprint density at radius 1 is 0.645 bits per heavy atom. The number of hydrogen-bond acceptors (Lipinski definition) is 2. The normalized spacial score (nSPS) is 13.6. The van der Waals surface area contributed by atoms with Gasteiger partial charge in [-0.25, -0.2) is 4.42 Å². The van der Waals surface area contributed by atoms with E-state index in [-0.39, 0.29) is 0 Å². The van der Waals surface area contributed by atoms with Gasteiger partial charge < -0.3 is 26.7 Å². The summed E-state index contributed by atoms with van der Waals surface area (Å²) in [6, 6.07) is 14.9. The van der Waals surface area contributed by atoms with E-state index in [4.69, 9.17) is 13.9 Å². The van der Waals surface area contributed by atoms with Crippen LogP contribution in [0.3, 0.4) is 0 Å². The van der Waals surface area contributed by atoms with Crippen LogP contribution in [0.4, 0.5) is 17.3 Å². The van der Waals surface area contributed by atoms with Crippen molar-refractivity contribution in [3.63, 3.8) is 0 Å². The highest BCUT2D eigenvalue weighted by atomic mass is 19.5. The molecule has 0 spiro atoms. The number of hydrogen-bond donors (Lipinski definition) is 0. The van der Waals surface area contributed by atoms with Gasteiger partial charge in [-0.05, 0) is 79.3 Å². The lowest BCUT2D eigenvalue weighted by Gasteiger charge is -2.18. The number of benzene rings is 2. The van der Waals surface area contributed by atoms with E-state index in [1.807, 2.05) is 12.1 Å². The van der Waals surface area contributed by atoms with Gasteiger partial charge in [0.05, 0.1) is 36.5 Å². The van der Waals surface area contributed by atoms with E-state index in [0.29, 0.717) is 0 Å². The minimum absolute atomic E-state index is 0.905. The number of ether oxygens (including phenoxy) is 2. The Morgan fingerprint density at radius 3 is 1.42 bits per heavy atom. The van der Waals surface area contributed by atoms with Crippen molar-refractivity contribution in [2.24, 2.45) is 0 Å². The molecule has 2 aliphatic rings. The smallest absolute Gasteiger partial charge is 0.497 e. The Kier molecular flexibility index (Phi) is 5.64. The molecule has 0 amide bonds. The maximum absolute atomic E-state index is 9.75. The largest absolute Gasteiger partial charge is 0.673 e. The standard InChI is InChI=1S/C23H21O3.BF4/c1-24-18-7-9-20-14(12-18)3-5-16-11-17-6-4-15-13-19(25-2)8-10-21(15)23(17)26-22(16)20;2-1(3,4)5/h7-13H,3-6H2,1-2H3;/q+1;-1. The molecule has 0 fully saturated rings. The van der Waals surface area contributed by atoms with Crippen LogP contribution in [-0.4, -0.2) is 21.5 Å². The highest BCUT2D eigenvalue weighted by molar-refractivity contribution is 6.50. The average Bonchev–Trinajstić information content (AvgIpc) is 2.75. The first-order chi connectivity index (χ1) is 14.8. The molecule has 0 bridgehead atoms. The van der Waals surface area contributed by atoms with Gasteiger partial charge in [-0.1, -0.05) is 0 Å². The zero-order valence-electron chi connectivity index (χ0n) is 17.2. The summed E-state index contributed by atoms with van der Waals surface area (Å²) in [4.78, 5) is 0. The fourth-order valence-corrected chi connectivity index (χ4v) is 4.19. The lowest BCUT2D eigenvalue weighted by Crippen LogP contribution is -2.09. The zero-order valence-corrected chi connectivity index (χ0v) is 17.2. The van der Waals surface area contributed by atoms with Gasteiger partial charge in [0, 0.05) is 0 Å². The molecule has 162 valence electrons. The Hall–Kier alpha value is -3.03. The third-order valence-electron chi connectivity index (χ3n) is 5.58. The summed E-state index contributed by atoms with van der Waals surface area (Å²) >= 11 is 0. The second kappa shape index (κ2) is 8.25. The van der Waals surface area contributed by atoms with Crippen LogP contribution in [0.1, 0.15) is 22.3 Å². The van der Waals surface area contributed by atoms with Crippen LogP contribution in [0, 0.1) is 0 Å². The first kappa shape index (κ1) is 21.2. The maximum Gasteiger partial charge on any atom is 0.673 e. The number of aryl methyl sites for hydroxylation is 4. The molecule has 3 aromatic rings. The predicted molar refractivity (Wildman–Crippen MR) is 112 cm³/mol. The molecule has 2 aromatic carbocycles. The van der Waals surface area contributed by atoms with Crippen LogP contribution in [-0.2, 0) is 25.7 Å². The van der Waals surface area contributed by atoms with E-state index in [1.54, 1.807) is 14.2 Å². The highest BCUT2D eigenvalue weighted by Crippen LogP contribution is 2.42. The van der Waals surface area contributed by atoms with Crippen LogP contribution in [0.2, 0.25) is 0 Å². The Bertz CT molecular complexity index is 1040. The quantitative estimate of drug-likeness (QED) is 0.266. The number of halogens is 4. The summed E-state index contributed by atoms with van der Waals surface area (Å²) in [5.41, 5.74) is 7.61. The Morgan fingerprint density at radius 2 is 1.03 bits per heavy atom. The van der Waals surface area contributed by atoms with Crippen molar-refractivity contribution in [3.05, 3.63) is 64.7 Å². The molecule has 0 aliphatic heterocycles. The molecular formula is C23H21BF4O3. The number of methoxy groups -OCH3 is 2. The predicted octanol–water partition coefficient (Wildman–Crippen LogP) is 6.41. The molecule has 31 heavy (non-hydrogen) atoms. The Balaban J connectivity index is 0.000000418. The van der Waals surface area contributed by atoms with E-state index in [2.05, 4.69) is 30.3 Å². The summed E-state index contributed by atoms with van der Waals surface area (Å²) < 4.78 is 56.3. The molecule has 0 atom stereocenters. The molecule has 3 nitrogen and oxygen atoms in total. The molecule has 0 saturated heterocycles. The molecule has 0 saturated carbocycles. The third kappa shape index (κ3) is 4.53. The first-order valence-corrected chi connectivity index (χ1v) is 9.97. The van der Waals surface area contributed by atoms with Gasteiger partial charge in [0.25, 0.3) is 0 Å². The summed E-state index contributed by atoms with van der Waals surface area (Å²) in [6.07, 6.45) is 4.09. The van der Waals surface area contributed by atoms with Crippen molar-refractivity contribution in [2.75, 3.05) is 14.2 Å². The van der Waals surface area contributed by atoms with Crippen LogP contribution in [0.5, 0.6) is 11.5 Å². The van der Waals surface area contributed by atoms with Crippen LogP contribution >= 0.6 is 0 Å². The van der Waals surface area contributed by atoms with Gasteiger partial charge in [0.15, 0.2) is 0 Å². The van der Waals surface area contributed by atoms with E-state index in [1.165, 1.54) is 33.4 Å². The summed E-state index contributed by atoms with van der Waals surface area (Å²) in [5, 5.41) is 0. The molecule has 5 rings (SSSR count). The van der Waals surface area contributed by atoms with Gasteiger partial charge in [-0.15, -0.1) is 0 Å². The number of fused-ring (bicyclic) bond motifs is 6. The average molecular weight is 432 g/mol. The van der Waals surface area contributed by atoms with Crippen molar-refractivity contribution in [2.45, 2.75) is 25.7 Å². The topological polar surface area (TPSA) is 29.8 Å². The molecule has 8 heteroatoms. The minimum Gasteiger partial charge on any atom is -0.497 e. The maximum atomic E-state index is 9.75. The van der Waals surface area contributed by atoms with Crippen molar-refractivity contribution >= 4 is 7.25 Å². The molecule has 0 N–H and O–H groups in total. The van der Waals surface area contributed by atoms with Crippen molar-refractivity contribution in [3.8, 4) is 34.1 Å². The van der Waals surface area contributed by atoms with Gasteiger partial charge >= 0.3 is 18.8 Å². The Labute approximate surface area is 177 Å². The molecule has 2 aliphatic carbocycles. The highest BCUT2D eigenvalue weighted by Gasteiger charge is 2.34. The van der Waals surface area contributed by atoms with E-state index in [0.717, 1.165) is 48.7 Å². The fourth-order valence-electron chi connectivity index (χ4n) is 4.19. The summed E-state index contributed by atoms with van der Waals surface area (Å²) in [7, 11) is -2.57. The molecule has 1 aromatic heterocycles. The molecule has 0 radical (unpaired) electrons. The summed E-state index contributed by atoms with van der Waals surface area (Å²) in [5.74, 6) is 3.83. The molecule has 0 unspecified atom stereocenters. The molecule has 1 heterocycles. The van der Waals surface area contributed by atoms with Gasteiger partial charge in [-0.3, -0.25) is 0 Å². The van der Waals surface area contributed by atoms with E-state index >= 15 is 0 Å². The second-order valence-corrected chi connectivity index (χ2v) is 7.50. The van der Waals surface area contributed by atoms with E-state index in [9.17, 15) is 17.3 Å². The summed E-state index contributed by atoms with van der Waals surface area (Å²) in [6.45, 7) is 0. The van der Waals surface area contributed by atoms with Gasteiger partial charge in [0.2, 0.25) is 0 Å². The minimum atomic E-state index is -6.00. The van der Waals surface area contributed by atoms with Crippen molar-refractivity contribution in [1.29, 1.82) is 0 Å². The van der Waals surface area contributed by atoms with Gasteiger partial charge in [0.1, 0.15) is 11.5 Å². The third-order valence-corrected chi connectivity index (χ3v) is 5.58. The lowest BCUT2D eigenvalue weighted by molar-refractivity contribution is 0.368. The van der Waals surface area contributed by atoms with Gasteiger partial charge in [-0.2, -0.15) is 0 Å². The SMILES string of the molecule is COc1ccc2c(c1)CCc1cc3c([o+]c1-2)-c1ccc(OC)cc1CC3.F[B-](F)(F)F. The molecular weight excluding hydrogens is 411 g/mol. The zero-order chi connectivity index (χ0) is 22.2. The van der Waals surface area contributed by atoms with Crippen molar-refractivity contribution in [1.82, 2.24) is 0 Å². The number of rotatable bonds is 2. The van der Waals surface area contributed by atoms with Crippen LogP contribution < -0.4 is 9.47 Å². The van der Waals surface area contributed by atoms with E-state index < -0.39 is 7.25 Å². The van der Waals surface area contributed by atoms with Crippen LogP contribution in [0.15, 0.2) is 46.9 Å². The second-order valence-electron chi connectivity index (χ2n) is 7.50. The lowest BCUT2D eigenvalue weighted by atomic mass is 9.85. The van der Waals surface area contributed by atoms with Crippen molar-refractivity contribution < 1.29 is 31.2 Å². The monoisotopic (exact) mass is 432 g/mol. The van der Waals surface area contributed by atoms with Crippen LogP contribution in [0.25, 0.3) is 22.6 Å².